The number of carboxylic acids is 2. The molecule has 2 atom stereocenters. The molecule has 1 saturated heterocycles. The van der Waals surface area contributed by atoms with Crippen molar-refractivity contribution in [2.24, 2.45) is 5.73 Å². The second kappa shape index (κ2) is 11.0. The molecule has 11 nitrogen and oxygen atoms in total. The van der Waals surface area contributed by atoms with E-state index in [0.717, 1.165) is 0 Å². The Morgan fingerprint density at radius 3 is 2.22 bits per heavy atom. The first-order valence-electron chi connectivity index (χ1n) is 9.07. The van der Waals surface area contributed by atoms with Crippen molar-refractivity contribution < 1.29 is 42.6 Å². The third-order valence-corrected chi connectivity index (χ3v) is 4.10. The summed E-state index contributed by atoms with van der Waals surface area (Å²) in [7, 11) is 0. The summed E-state index contributed by atoms with van der Waals surface area (Å²) in [5.41, 5.74) is 6.64. The summed E-state index contributed by atoms with van der Waals surface area (Å²) in [5.74, 6) is -4.06. The maximum atomic E-state index is 12.4. The zero-order valence-corrected chi connectivity index (χ0v) is 16.8. The van der Waals surface area contributed by atoms with Crippen LogP contribution in [0.15, 0.2) is 24.3 Å². The van der Waals surface area contributed by atoms with E-state index >= 15 is 0 Å². The molecule has 0 saturated carbocycles. The molecule has 1 fully saturated rings. The van der Waals surface area contributed by atoms with Gasteiger partial charge in [-0.05, 0) is 37.6 Å². The van der Waals surface area contributed by atoms with Crippen LogP contribution in [0.4, 0.5) is 23.7 Å². The fraction of sp³-hybridized carbons (Fsp3) is 0.389. The van der Waals surface area contributed by atoms with E-state index in [1.807, 2.05) is 0 Å². The van der Waals surface area contributed by atoms with Crippen molar-refractivity contribution in [3.63, 3.8) is 0 Å². The number of hydrogen-bond donors (Lipinski definition) is 6. The highest BCUT2D eigenvalue weighted by atomic mass is 19.4. The van der Waals surface area contributed by atoms with Crippen LogP contribution in [0.3, 0.4) is 0 Å². The van der Waals surface area contributed by atoms with E-state index in [0.29, 0.717) is 24.2 Å². The predicted molar refractivity (Wildman–Crippen MR) is 105 cm³/mol. The molecule has 0 radical (unpaired) electrons. The number of nitrogens with zero attached hydrogens (tertiary/aromatic N) is 1. The van der Waals surface area contributed by atoms with Crippen LogP contribution in [0.5, 0.6) is 0 Å². The van der Waals surface area contributed by atoms with Crippen molar-refractivity contribution in [1.29, 1.82) is 5.41 Å². The lowest BCUT2D eigenvalue weighted by Crippen LogP contribution is -2.48. The van der Waals surface area contributed by atoms with Crippen LogP contribution in [0.2, 0.25) is 0 Å². The van der Waals surface area contributed by atoms with Gasteiger partial charge in [-0.25, -0.2) is 9.59 Å². The molecule has 32 heavy (non-hydrogen) atoms. The van der Waals surface area contributed by atoms with Gasteiger partial charge in [-0.1, -0.05) is 0 Å². The minimum absolute atomic E-state index is 0.0500. The molecule has 14 heteroatoms. The van der Waals surface area contributed by atoms with Crippen molar-refractivity contribution in [3.05, 3.63) is 29.8 Å². The molecule has 7 N–H and O–H groups in total. The summed E-state index contributed by atoms with van der Waals surface area (Å²) in [6.07, 6.45) is -4.82. The van der Waals surface area contributed by atoms with Gasteiger partial charge in [-0.3, -0.25) is 15.0 Å². The van der Waals surface area contributed by atoms with E-state index in [1.54, 1.807) is 36.1 Å². The molecule has 1 heterocycles. The highest BCUT2D eigenvalue weighted by molar-refractivity contribution is 6.02. The fourth-order valence-electron chi connectivity index (χ4n) is 2.63. The summed E-state index contributed by atoms with van der Waals surface area (Å²) < 4.78 is 31.7. The number of halogens is 3. The number of hydrogen-bond acceptors (Lipinski definition) is 5. The average Bonchev–Trinajstić information content (AvgIpc) is 3.01. The van der Waals surface area contributed by atoms with E-state index in [-0.39, 0.29) is 18.2 Å². The van der Waals surface area contributed by atoms with Crippen LogP contribution >= 0.6 is 0 Å². The number of nitrogens with one attached hydrogen (secondary N) is 3. The number of carbonyl (C=O) groups is 4. The first-order valence-corrected chi connectivity index (χ1v) is 9.07. The van der Waals surface area contributed by atoms with Crippen LogP contribution < -0.4 is 21.3 Å². The number of aliphatic carboxylic acids is 2. The van der Waals surface area contributed by atoms with Gasteiger partial charge in [-0.2, -0.15) is 13.2 Å². The third kappa shape index (κ3) is 8.12. The smallest absolute Gasteiger partial charge is 0.481 e. The van der Waals surface area contributed by atoms with Gasteiger partial charge >= 0.3 is 24.1 Å². The maximum absolute atomic E-state index is 12.4. The van der Waals surface area contributed by atoms with Crippen molar-refractivity contribution in [2.75, 3.05) is 11.4 Å². The van der Waals surface area contributed by atoms with Gasteiger partial charge in [0.15, 0.2) is 0 Å². The minimum Gasteiger partial charge on any atom is -0.481 e. The quantitative estimate of drug-likeness (QED) is 0.268. The Hall–Kier alpha value is -3.84. The van der Waals surface area contributed by atoms with Crippen molar-refractivity contribution in [1.82, 2.24) is 10.6 Å². The zero-order valence-electron chi connectivity index (χ0n) is 16.8. The molecule has 0 aliphatic carbocycles. The first kappa shape index (κ1) is 26.2. The molecule has 0 aromatic heterocycles. The lowest BCUT2D eigenvalue weighted by Gasteiger charge is -2.18. The van der Waals surface area contributed by atoms with E-state index in [4.69, 9.17) is 26.2 Å². The van der Waals surface area contributed by atoms with E-state index in [2.05, 4.69) is 10.6 Å². The van der Waals surface area contributed by atoms with Gasteiger partial charge in [-0.15, -0.1) is 0 Å². The van der Waals surface area contributed by atoms with E-state index < -0.39 is 36.2 Å². The van der Waals surface area contributed by atoms with Gasteiger partial charge < -0.3 is 31.5 Å². The SMILES string of the molecule is CC(CC(=O)O)NC(=O)NC1CCN(c2ccc(C(=N)N)cc2)C1=O.O=C(O)C(F)(F)F. The summed E-state index contributed by atoms with van der Waals surface area (Å²) in [4.78, 5) is 45.4. The number of anilines is 1. The topological polar surface area (TPSA) is 186 Å². The van der Waals surface area contributed by atoms with Crippen molar-refractivity contribution >= 4 is 35.4 Å². The molecule has 0 spiro atoms. The van der Waals surface area contributed by atoms with Gasteiger partial charge in [0.05, 0.1) is 6.42 Å². The Morgan fingerprint density at radius 1 is 1.25 bits per heavy atom. The Morgan fingerprint density at radius 2 is 1.78 bits per heavy atom. The Labute approximate surface area is 179 Å². The number of carboxylic acid groups (broad SMARTS) is 2. The number of carbonyl (C=O) groups excluding carboxylic acids is 2. The molecule has 1 aromatic rings. The molecular weight excluding hydrogens is 439 g/mol. The number of amidine groups is 1. The summed E-state index contributed by atoms with van der Waals surface area (Å²) in [6, 6.07) is 4.95. The lowest BCUT2D eigenvalue weighted by molar-refractivity contribution is -0.192. The Kier molecular flexibility index (Phi) is 8.98. The third-order valence-electron chi connectivity index (χ3n) is 4.10. The molecule has 176 valence electrons. The molecule has 2 rings (SSSR count). The second-order valence-electron chi connectivity index (χ2n) is 6.71. The molecule has 3 amide bonds. The average molecular weight is 461 g/mol. The van der Waals surface area contributed by atoms with Gasteiger partial charge in [0.1, 0.15) is 11.9 Å². The molecule has 0 bridgehead atoms. The highest BCUT2D eigenvalue weighted by Gasteiger charge is 2.38. The van der Waals surface area contributed by atoms with Crippen molar-refractivity contribution in [3.8, 4) is 0 Å². The fourth-order valence-corrected chi connectivity index (χ4v) is 2.63. The molecular formula is C18H22F3N5O6. The van der Waals surface area contributed by atoms with Gasteiger partial charge in [0, 0.05) is 23.8 Å². The van der Waals surface area contributed by atoms with Crippen LogP contribution in [0.25, 0.3) is 0 Å². The predicted octanol–water partition coefficient (Wildman–Crippen LogP) is 0.872. The van der Waals surface area contributed by atoms with E-state index in [9.17, 15) is 27.6 Å². The normalized spacial score (nSPS) is 16.4. The number of amides is 3. The van der Waals surface area contributed by atoms with Crippen molar-refractivity contribution in [2.45, 2.75) is 38.0 Å². The first-order chi connectivity index (χ1) is 14.7. The molecule has 1 aromatic carbocycles. The van der Waals surface area contributed by atoms with Gasteiger partial charge in [0.2, 0.25) is 5.91 Å². The number of benzene rings is 1. The number of urea groups is 1. The second-order valence-corrected chi connectivity index (χ2v) is 6.71. The maximum Gasteiger partial charge on any atom is 0.490 e. The van der Waals surface area contributed by atoms with Crippen LogP contribution in [-0.2, 0) is 14.4 Å². The summed E-state index contributed by atoms with van der Waals surface area (Å²) >= 11 is 0. The van der Waals surface area contributed by atoms with Gasteiger partial charge in [0.25, 0.3) is 0 Å². The number of rotatable bonds is 6. The highest BCUT2D eigenvalue weighted by Crippen LogP contribution is 2.22. The van der Waals surface area contributed by atoms with Crippen LogP contribution in [-0.4, -0.2) is 64.7 Å². The van der Waals surface area contributed by atoms with Crippen LogP contribution in [0, 0.1) is 5.41 Å². The monoisotopic (exact) mass is 461 g/mol. The standard InChI is InChI=1S/C16H21N5O4.C2HF3O2/c1-9(8-13(22)23)19-16(25)20-12-6-7-21(15(12)24)11-4-2-10(3-5-11)14(17)18;3-2(4,5)1(6)7/h2-5,9,12H,6-8H2,1H3,(H3,17,18)(H,22,23)(H2,19,20,25);(H,6,7). The minimum atomic E-state index is -5.08. The number of nitrogen functional groups attached to an aromatic ring is 1. The Balaban J connectivity index is 0.000000633. The molecule has 1 aliphatic heterocycles. The lowest BCUT2D eigenvalue weighted by atomic mass is 10.2. The largest absolute Gasteiger partial charge is 0.490 e. The van der Waals surface area contributed by atoms with E-state index in [1.165, 1.54) is 0 Å². The number of alkyl halides is 3. The Bertz CT molecular complexity index is 875. The number of nitrogens with two attached hydrogens (primary N) is 1. The molecule has 1 aliphatic rings. The summed E-state index contributed by atoms with van der Waals surface area (Å²) in [6.45, 7) is 2.03. The molecule has 2 unspecified atom stereocenters. The zero-order chi connectivity index (χ0) is 24.6. The summed E-state index contributed by atoms with van der Waals surface area (Å²) in [5, 5.41) is 28.2. The van der Waals surface area contributed by atoms with Crippen LogP contribution in [0.1, 0.15) is 25.3 Å².